The van der Waals surface area contributed by atoms with Crippen molar-refractivity contribution in [3.8, 4) is 0 Å². The molecule has 0 spiro atoms. The van der Waals surface area contributed by atoms with Crippen molar-refractivity contribution < 1.29 is 9.90 Å². The molecule has 0 bridgehead atoms. The van der Waals surface area contributed by atoms with Gasteiger partial charge in [-0.25, -0.2) is 0 Å². The van der Waals surface area contributed by atoms with Crippen molar-refractivity contribution in [2.24, 2.45) is 5.92 Å². The van der Waals surface area contributed by atoms with E-state index in [-0.39, 0.29) is 18.1 Å². The molecule has 1 aliphatic carbocycles. The number of carbonyl (C=O) groups is 1. The van der Waals surface area contributed by atoms with Crippen LogP contribution in [0.1, 0.15) is 35.9 Å². The molecule has 22 heavy (non-hydrogen) atoms. The van der Waals surface area contributed by atoms with Crippen LogP contribution < -0.4 is 5.32 Å². The third-order valence-corrected chi connectivity index (χ3v) is 4.97. The average Bonchev–Trinajstić information content (AvgIpc) is 3.03. The molecule has 1 saturated carbocycles. The predicted molar refractivity (Wildman–Crippen MR) is 84.3 cm³/mol. The molecule has 0 aromatic carbocycles. The van der Waals surface area contributed by atoms with Crippen molar-refractivity contribution in [1.82, 2.24) is 15.3 Å². The maximum Gasteiger partial charge on any atom is 0.220 e. The van der Waals surface area contributed by atoms with Crippen molar-refractivity contribution in [2.75, 3.05) is 0 Å². The first kappa shape index (κ1) is 15.1. The lowest BCUT2D eigenvalue weighted by atomic mass is 9.76. The fraction of sp³-hybridized carbons (Fsp3) is 0.438. The Morgan fingerprint density at radius 3 is 2.95 bits per heavy atom. The second-order valence-electron chi connectivity index (χ2n) is 5.64. The van der Waals surface area contributed by atoms with Crippen LogP contribution in [-0.2, 0) is 11.2 Å². The molecule has 6 heteroatoms. The van der Waals surface area contributed by atoms with Crippen LogP contribution in [-0.4, -0.2) is 27.1 Å². The molecule has 116 valence electrons. The number of carbonyl (C=O) groups excluding carboxylic acids is 1. The van der Waals surface area contributed by atoms with Gasteiger partial charge in [0, 0.05) is 29.9 Å². The highest BCUT2D eigenvalue weighted by molar-refractivity contribution is 7.10. The summed E-state index contributed by atoms with van der Waals surface area (Å²) in [6.07, 6.45) is 7.23. The highest BCUT2D eigenvalue weighted by atomic mass is 32.1. The number of nitrogens with one attached hydrogen (secondary N) is 1. The van der Waals surface area contributed by atoms with Crippen LogP contribution >= 0.6 is 11.3 Å². The minimum absolute atomic E-state index is 0.0118. The van der Waals surface area contributed by atoms with E-state index in [0.717, 1.165) is 23.4 Å². The lowest BCUT2D eigenvalue weighted by molar-refractivity contribution is -0.123. The summed E-state index contributed by atoms with van der Waals surface area (Å²) in [7, 11) is 0. The Labute approximate surface area is 133 Å². The number of aliphatic hydroxyl groups excluding tert-OH is 1. The summed E-state index contributed by atoms with van der Waals surface area (Å²) < 4.78 is 0. The third-order valence-electron chi connectivity index (χ3n) is 4.01. The molecule has 2 aromatic rings. The molecule has 0 aliphatic heterocycles. The Morgan fingerprint density at radius 1 is 1.45 bits per heavy atom. The number of aryl methyl sites for hydroxylation is 1. The molecule has 1 atom stereocenters. The van der Waals surface area contributed by atoms with Gasteiger partial charge >= 0.3 is 0 Å². The molecular formula is C16H19N3O2S. The number of hydrogen-bond donors (Lipinski definition) is 2. The second-order valence-corrected chi connectivity index (χ2v) is 6.62. The number of amides is 1. The van der Waals surface area contributed by atoms with Crippen molar-refractivity contribution in [1.29, 1.82) is 0 Å². The van der Waals surface area contributed by atoms with E-state index in [9.17, 15) is 9.90 Å². The normalized spacial score (nSPS) is 21.9. The molecule has 2 heterocycles. The Bertz CT molecular complexity index is 597. The smallest absolute Gasteiger partial charge is 0.220 e. The van der Waals surface area contributed by atoms with Crippen LogP contribution in [0.25, 0.3) is 0 Å². The molecule has 1 fully saturated rings. The van der Waals surface area contributed by atoms with Gasteiger partial charge in [-0.1, -0.05) is 6.07 Å². The highest BCUT2D eigenvalue weighted by Crippen LogP contribution is 2.39. The quantitative estimate of drug-likeness (QED) is 0.855. The maximum absolute atomic E-state index is 12.2. The molecule has 0 saturated heterocycles. The molecular weight excluding hydrogens is 298 g/mol. The first-order chi connectivity index (χ1) is 10.7. The Kier molecular flexibility index (Phi) is 4.80. The molecule has 0 unspecified atom stereocenters. The summed E-state index contributed by atoms with van der Waals surface area (Å²) in [4.78, 5) is 21.6. The van der Waals surface area contributed by atoms with Crippen molar-refractivity contribution in [3.63, 3.8) is 0 Å². The fourth-order valence-electron chi connectivity index (χ4n) is 2.74. The highest BCUT2D eigenvalue weighted by Gasteiger charge is 2.36. The zero-order valence-electron chi connectivity index (χ0n) is 12.2. The van der Waals surface area contributed by atoms with Gasteiger partial charge in [-0.3, -0.25) is 14.8 Å². The minimum Gasteiger partial charge on any atom is -0.393 e. The number of rotatable bonds is 6. The number of nitrogens with zero attached hydrogens (tertiary/aromatic N) is 2. The second kappa shape index (κ2) is 6.98. The zero-order chi connectivity index (χ0) is 15.4. The fourth-order valence-corrected chi connectivity index (χ4v) is 3.61. The van der Waals surface area contributed by atoms with E-state index in [1.807, 2.05) is 17.5 Å². The molecule has 5 nitrogen and oxygen atoms in total. The first-order valence-electron chi connectivity index (χ1n) is 7.48. The first-order valence-corrected chi connectivity index (χ1v) is 8.36. The Morgan fingerprint density at radius 2 is 2.32 bits per heavy atom. The van der Waals surface area contributed by atoms with Crippen LogP contribution in [0.3, 0.4) is 0 Å². The lowest BCUT2D eigenvalue weighted by Gasteiger charge is -2.37. The maximum atomic E-state index is 12.2. The van der Waals surface area contributed by atoms with E-state index in [1.165, 1.54) is 0 Å². The summed E-state index contributed by atoms with van der Waals surface area (Å²) in [5, 5.41) is 14.7. The zero-order valence-corrected chi connectivity index (χ0v) is 13.0. The number of thiophene rings is 1. The summed E-state index contributed by atoms with van der Waals surface area (Å²) in [6, 6.07) is 4.05. The standard InChI is InChI=1S/C16H19N3O2S/c20-13-8-11(9-13)16(14-2-1-7-22-14)19-15(21)4-3-12-10-17-5-6-18-12/h1-2,5-7,10-11,13,16,20H,3-4,8-9H2,(H,19,21)/t11?,13?,16-/m1/s1. The minimum atomic E-state index is -0.219. The van der Waals surface area contributed by atoms with Crippen LogP contribution in [0.5, 0.6) is 0 Å². The van der Waals surface area contributed by atoms with E-state index < -0.39 is 0 Å². The van der Waals surface area contributed by atoms with Gasteiger partial charge < -0.3 is 10.4 Å². The predicted octanol–water partition coefficient (Wildman–Crippen LogP) is 2.10. The van der Waals surface area contributed by atoms with Crippen LogP contribution in [0.2, 0.25) is 0 Å². The summed E-state index contributed by atoms with van der Waals surface area (Å²) in [6.45, 7) is 0. The number of hydrogen-bond acceptors (Lipinski definition) is 5. The van der Waals surface area contributed by atoms with Gasteiger partial charge in [0.1, 0.15) is 0 Å². The Balaban J connectivity index is 1.57. The van der Waals surface area contributed by atoms with Gasteiger partial charge in [-0.15, -0.1) is 11.3 Å². The number of aliphatic hydroxyl groups is 1. The van der Waals surface area contributed by atoms with Crippen molar-refractivity contribution in [3.05, 3.63) is 46.7 Å². The van der Waals surface area contributed by atoms with E-state index in [4.69, 9.17) is 0 Å². The third kappa shape index (κ3) is 3.69. The largest absolute Gasteiger partial charge is 0.393 e. The molecule has 2 aromatic heterocycles. The van der Waals surface area contributed by atoms with E-state index in [1.54, 1.807) is 29.9 Å². The molecule has 3 rings (SSSR count). The van der Waals surface area contributed by atoms with Crippen LogP contribution in [0, 0.1) is 5.92 Å². The summed E-state index contributed by atoms with van der Waals surface area (Å²) in [5.41, 5.74) is 0.824. The van der Waals surface area contributed by atoms with E-state index >= 15 is 0 Å². The van der Waals surface area contributed by atoms with Crippen LogP contribution in [0.4, 0.5) is 0 Å². The van der Waals surface area contributed by atoms with Gasteiger partial charge in [0.15, 0.2) is 0 Å². The van der Waals surface area contributed by atoms with Crippen molar-refractivity contribution in [2.45, 2.75) is 37.8 Å². The number of aromatic nitrogens is 2. The lowest BCUT2D eigenvalue weighted by Crippen LogP contribution is -2.41. The van der Waals surface area contributed by atoms with Crippen molar-refractivity contribution >= 4 is 17.2 Å². The molecule has 2 N–H and O–H groups in total. The molecule has 1 aliphatic rings. The topological polar surface area (TPSA) is 75.1 Å². The van der Waals surface area contributed by atoms with Gasteiger partial charge in [0.05, 0.1) is 17.8 Å². The van der Waals surface area contributed by atoms with Gasteiger partial charge in [-0.2, -0.15) is 0 Å². The monoisotopic (exact) mass is 317 g/mol. The SMILES string of the molecule is O=C(CCc1cnccn1)N[C@@H](c1cccs1)C1CC(O)C1. The van der Waals surface area contributed by atoms with Crippen LogP contribution in [0.15, 0.2) is 36.1 Å². The van der Waals surface area contributed by atoms with Gasteiger partial charge in [0.25, 0.3) is 0 Å². The van der Waals surface area contributed by atoms with E-state index in [0.29, 0.717) is 18.8 Å². The van der Waals surface area contributed by atoms with Gasteiger partial charge in [0.2, 0.25) is 5.91 Å². The Hall–Kier alpha value is -1.79. The molecule has 0 radical (unpaired) electrons. The molecule has 1 amide bonds. The van der Waals surface area contributed by atoms with E-state index in [2.05, 4.69) is 15.3 Å². The summed E-state index contributed by atoms with van der Waals surface area (Å²) in [5.74, 6) is 0.347. The average molecular weight is 317 g/mol. The van der Waals surface area contributed by atoms with Gasteiger partial charge in [-0.05, 0) is 36.6 Å². The summed E-state index contributed by atoms with van der Waals surface area (Å²) >= 11 is 1.65.